The minimum Gasteiger partial charge on any atom is -0.486 e. The van der Waals surface area contributed by atoms with Crippen molar-refractivity contribution in [2.24, 2.45) is 0 Å². The largest absolute Gasteiger partial charge is 0.486 e. The maximum absolute atomic E-state index is 12.1. The molecule has 0 saturated carbocycles. The van der Waals surface area contributed by atoms with Crippen molar-refractivity contribution in [2.75, 3.05) is 30.9 Å². The summed E-state index contributed by atoms with van der Waals surface area (Å²) in [6.07, 6.45) is 0. The van der Waals surface area contributed by atoms with Gasteiger partial charge in [-0.05, 0) is 28.1 Å². The number of fused-ring (bicyclic) bond motifs is 2. The van der Waals surface area contributed by atoms with Gasteiger partial charge >= 0.3 is 5.97 Å². The van der Waals surface area contributed by atoms with Gasteiger partial charge in [0.1, 0.15) is 13.2 Å². The van der Waals surface area contributed by atoms with Gasteiger partial charge in [-0.2, -0.15) is 0 Å². The smallest absolute Gasteiger partial charge is 0.316 e. The first kappa shape index (κ1) is 20.0. The lowest BCUT2D eigenvalue weighted by atomic mass is 10.2. The van der Waals surface area contributed by atoms with E-state index < -0.39 is 11.9 Å². The number of thiazole rings is 1. The molecule has 10 heteroatoms. The Hall–Kier alpha value is -2.30. The molecule has 0 spiro atoms. The van der Waals surface area contributed by atoms with Crippen molar-refractivity contribution in [3.8, 4) is 11.5 Å². The monoisotopic (exact) mass is 494 g/mol. The molecular formula is C19H15BrN2O5S2. The van der Waals surface area contributed by atoms with Crippen molar-refractivity contribution in [2.45, 2.75) is 4.34 Å². The molecule has 1 aromatic heterocycles. The Morgan fingerprint density at radius 1 is 1.21 bits per heavy atom. The summed E-state index contributed by atoms with van der Waals surface area (Å²) in [5.74, 6) is 0.325. The number of amides is 1. The third-order valence-electron chi connectivity index (χ3n) is 3.86. The van der Waals surface area contributed by atoms with Crippen LogP contribution in [0.5, 0.6) is 11.5 Å². The molecule has 0 saturated heterocycles. The molecule has 150 valence electrons. The van der Waals surface area contributed by atoms with E-state index in [0.717, 1.165) is 14.6 Å². The average Bonchev–Trinajstić information content (AvgIpc) is 3.14. The molecule has 7 nitrogen and oxygen atoms in total. The van der Waals surface area contributed by atoms with E-state index in [4.69, 9.17) is 14.2 Å². The minimum absolute atomic E-state index is 0.0841. The number of nitrogens with zero attached hydrogens (tertiary/aromatic N) is 1. The molecule has 1 N–H and O–H groups in total. The van der Waals surface area contributed by atoms with Crippen LogP contribution < -0.4 is 14.8 Å². The Kier molecular flexibility index (Phi) is 6.22. The van der Waals surface area contributed by atoms with Crippen LogP contribution >= 0.6 is 39.0 Å². The van der Waals surface area contributed by atoms with Gasteiger partial charge in [-0.15, -0.1) is 11.3 Å². The second-order valence-electron chi connectivity index (χ2n) is 5.92. The first-order valence-electron chi connectivity index (χ1n) is 8.61. The van der Waals surface area contributed by atoms with Gasteiger partial charge in [0.2, 0.25) is 0 Å². The van der Waals surface area contributed by atoms with E-state index in [2.05, 4.69) is 26.2 Å². The number of ether oxygens (including phenoxy) is 3. The quantitative estimate of drug-likeness (QED) is 0.407. The second kappa shape index (κ2) is 9.02. The van der Waals surface area contributed by atoms with E-state index in [9.17, 15) is 9.59 Å². The molecule has 1 aliphatic rings. The molecule has 0 bridgehead atoms. The number of nitrogens with one attached hydrogen (secondary N) is 1. The van der Waals surface area contributed by atoms with Crippen LogP contribution in [0.2, 0.25) is 0 Å². The normalized spacial score (nSPS) is 12.6. The Balaban J connectivity index is 1.26. The number of aromatic nitrogens is 1. The highest BCUT2D eigenvalue weighted by Gasteiger charge is 2.17. The highest BCUT2D eigenvalue weighted by molar-refractivity contribution is 9.10. The molecule has 3 aromatic rings. The number of carbonyl (C=O) groups excluding carboxylic acids is 2. The number of hydrogen-bond donors (Lipinski definition) is 1. The van der Waals surface area contributed by atoms with E-state index in [-0.39, 0.29) is 12.4 Å². The van der Waals surface area contributed by atoms with Crippen molar-refractivity contribution in [3.05, 3.63) is 40.9 Å². The van der Waals surface area contributed by atoms with Crippen LogP contribution in [0.4, 0.5) is 5.69 Å². The average molecular weight is 495 g/mol. The number of halogens is 1. The molecule has 2 heterocycles. The predicted molar refractivity (Wildman–Crippen MR) is 115 cm³/mol. The van der Waals surface area contributed by atoms with Crippen molar-refractivity contribution in [1.82, 2.24) is 4.98 Å². The van der Waals surface area contributed by atoms with Gasteiger partial charge in [0.15, 0.2) is 22.4 Å². The van der Waals surface area contributed by atoms with Crippen LogP contribution in [-0.2, 0) is 14.3 Å². The van der Waals surface area contributed by atoms with E-state index in [1.165, 1.54) is 23.1 Å². The first-order chi connectivity index (χ1) is 14.1. The maximum Gasteiger partial charge on any atom is 0.316 e. The highest BCUT2D eigenvalue weighted by atomic mass is 79.9. The molecule has 29 heavy (non-hydrogen) atoms. The summed E-state index contributed by atoms with van der Waals surface area (Å²) >= 11 is 6.19. The fourth-order valence-corrected chi connectivity index (χ4v) is 4.86. The molecule has 0 atom stereocenters. The molecule has 1 amide bonds. The fourth-order valence-electron chi connectivity index (χ4n) is 2.57. The lowest BCUT2D eigenvalue weighted by molar-refractivity contribution is -0.144. The van der Waals surface area contributed by atoms with Crippen molar-refractivity contribution in [3.63, 3.8) is 0 Å². The van der Waals surface area contributed by atoms with E-state index in [1.807, 2.05) is 24.3 Å². The molecular weight excluding hydrogens is 480 g/mol. The van der Waals surface area contributed by atoms with E-state index in [1.54, 1.807) is 12.1 Å². The van der Waals surface area contributed by atoms with Crippen LogP contribution in [0, 0.1) is 0 Å². The SMILES string of the molecule is O=C(COC(=O)CSc1nc2ccccc2s1)Nc1cc2c(cc1Br)OCCO2. The Morgan fingerprint density at radius 3 is 2.76 bits per heavy atom. The van der Waals surface area contributed by atoms with Crippen molar-refractivity contribution < 1.29 is 23.8 Å². The number of hydrogen-bond acceptors (Lipinski definition) is 8. The summed E-state index contributed by atoms with van der Waals surface area (Å²) in [4.78, 5) is 28.5. The number of carbonyl (C=O) groups is 2. The summed E-state index contributed by atoms with van der Waals surface area (Å²) in [7, 11) is 0. The second-order valence-corrected chi connectivity index (χ2v) is 9.03. The third-order valence-corrected chi connectivity index (χ3v) is 6.67. The van der Waals surface area contributed by atoms with Gasteiger partial charge in [0.25, 0.3) is 5.91 Å². The summed E-state index contributed by atoms with van der Waals surface area (Å²) in [5.41, 5.74) is 1.41. The zero-order valence-corrected chi connectivity index (χ0v) is 18.2. The van der Waals surface area contributed by atoms with Crippen LogP contribution in [0.15, 0.2) is 45.2 Å². The zero-order valence-electron chi connectivity index (χ0n) is 15.0. The zero-order chi connectivity index (χ0) is 20.2. The highest BCUT2D eigenvalue weighted by Crippen LogP contribution is 2.38. The van der Waals surface area contributed by atoms with Gasteiger partial charge in [-0.3, -0.25) is 9.59 Å². The summed E-state index contributed by atoms with van der Waals surface area (Å²) in [6, 6.07) is 11.2. The number of para-hydroxylation sites is 1. The van der Waals surface area contributed by atoms with Crippen LogP contribution in [0.25, 0.3) is 10.2 Å². The van der Waals surface area contributed by atoms with Crippen molar-refractivity contribution in [1.29, 1.82) is 0 Å². The molecule has 0 fully saturated rings. The van der Waals surface area contributed by atoms with Crippen LogP contribution in [0.1, 0.15) is 0 Å². The van der Waals surface area contributed by atoms with Crippen LogP contribution in [0.3, 0.4) is 0 Å². The number of benzene rings is 2. The van der Waals surface area contributed by atoms with E-state index in [0.29, 0.717) is 34.9 Å². The summed E-state index contributed by atoms with van der Waals surface area (Å²) in [5, 5.41) is 2.69. The van der Waals surface area contributed by atoms with Gasteiger partial charge in [0, 0.05) is 16.6 Å². The van der Waals surface area contributed by atoms with Gasteiger partial charge in [-0.1, -0.05) is 23.9 Å². The van der Waals surface area contributed by atoms with Crippen LogP contribution in [-0.4, -0.2) is 42.4 Å². The maximum atomic E-state index is 12.1. The van der Waals surface area contributed by atoms with Gasteiger partial charge in [-0.25, -0.2) is 4.98 Å². The lowest BCUT2D eigenvalue weighted by Crippen LogP contribution is -2.22. The molecule has 0 aliphatic carbocycles. The van der Waals surface area contributed by atoms with Crippen molar-refractivity contribution >= 4 is 66.8 Å². The topological polar surface area (TPSA) is 86.8 Å². The molecule has 0 unspecified atom stereocenters. The number of anilines is 1. The molecule has 2 aromatic carbocycles. The predicted octanol–water partition coefficient (Wildman–Crippen LogP) is 4.10. The first-order valence-corrected chi connectivity index (χ1v) is 11.2. The molecule has 0 radical (unpaired) electrons. The molecule has 1 aliphatic heterocycles. The standard InChI is InChI=1S/C19H15BrN2O5S2/c20-11-7-14-15(26-6-5-25-14)8-13(11)21-17(23)9-27-18(24)10-28-19-22-12-3-1-2-4-16(12)29-19/h1-4,7-8H,5-6,9-10H2,(H,21,23). The Labute approximate surface area is 182 Å². The lowest BCUT2D eigenvalue weighted by Gasteiger charge is -2.20. The molecule has 4 rings (SSSR count). The van der Waals surface area contributed by atoms with Gasteiger partial charge < -0.3 is 19.5 Å². The number of thioether (sulfide) groups is 1. The van der Waals surface area contributed by atoms with Gasteiger partial charge in [0.05, 0.1) is 21.7 Å². The number of esters is 1. The Bertz CT molecular complexity index is 1040. The summed E-state index contributed by atoms with van der Waals surface area (Å²) < 4.78 is 18.5. The minimum atomic E-state index is -0.481. The van der Waals surface area contributed by atoms with E-state index >= 15 is 0 Å². The Morgan fingerprint density at radius 2 is 1.97 bits per heavy atom. The summed E-state index contributed by atoms with van der Waals surface area (Å²) in [6.45, 7) is 0.558. The fraction of sp³-hybridized carbons (Fsp3) is 0.211. The third kappa shape index (κ3) is 5.01. The number of rotatable bonds is 6.